The van der Waals surface area contributed by atoms with Crippen molar-refractivity contribution in [1.82, 2.24) is 5.32 Å². The second-order valence-corrected chi connectivity index (χ2v) is 6.88. The lowest BCUT2D eigenvalue weighted by Crippen LogP contribution is -2.48. The van der Waals surface area contributed by atoms with Crippen LogP contribution in [0, 0.1) is 0 Å². The minimum Gasteiger partial charge on any atom is -0.490 e. The Kier molecular flexibility index (Phi) is 7.76. The Bertz CT molecular complexity index is 720. The van der Waals surface area contributed by atoms with E-state index in [0.29, 0.717) is 31.1 Å². The fraction of sp³-hybridized carbons (Fsp3) is 0.350. The molecule has 0 aliphatic carbocycles. The summed E-state index contributed by atoms with van der Waals surface area (Å²) in [5.74, 6) is 1.47. The van der Waals surface area contributed by atoms with Crippen LogP contribution in [-0.2, 0) is 6.42 Å². The van der Waals surface area contributed by atoms with Gasteiger partial charge in [-0.1, -0.05) is 23.7 Å². The Labute approximate surface area is 163 Å². The predicted molar refractivity (Wildman–Crippen MR) is 104 cm³/mol. The Morgan fingerprint density at radius 2 is 1.56 bits per heavy atom. The number of aryl methyl sites for hydroxylation is 1. The second-order valence-electron chi connectivity index (χ2n) is 6.44. The van der Waals surface area contributed by atoms with Crippen molar-refractivity contribution in [2.75, 3.05) is 19.8 Å². The largest absolute Gasteiger partial charge is 0.490 e. The summed E-state index contributed by atoms with van der Waals surface area (Å²) in [5.41, 5.74) is 0.173. The van der Waals surface area contributed by atoms with Gasteiger partial charge in [-0.15, -0.1) is 0 Å². The van der Waals surface area contributed by atoms with Crippen molar-refractivity contribution in [3.63, 3.8) is 0 Å². The number of aliphatic hydroxyl groups is 1. The third-order valence-electron chi connectivity index (χ3n) is 4.08. The lowest BCUT2D eigenvalue weighted by Gasteiger charge is -2.27. The molecular weight excluding hydrogens is 370 g/mol. The van der Waals surface area contributed by atoms with Crippen LogP contribution in [0.5, 0.6) is 11.5 Å². The van der Waals surface area contributed by atoms with Gasteiger partial charge in [0.05, 0.1) is 12.1 Å². The molecule has 0 fully saturated rings. The zero-order valence-corrected chi connectivity index (χ0v) is 15.9. The van der Waals surface area contributed by atoms with Crippen LogP contribution in [0.2, 0.25) is 5.02 Å². The highest BCUT2D eigenvalue weighted by Crippen LogP contribution is 2.18. The number of benzene rings is 2. The summed E-state index contributed by atoms with van der Waals surface area (Å²) in [6.45, 7) is 2.25. The van der Waals surface area contributed by atoms with Gasteiger partial charge in [0.15, 0.2) is 0 Å². The minimum atomic E-state index is -1.14. The van der Waals surface area contributed by atoms with Gasteiger partial charge < -0.3 is 25.0 Å². The Morgan fingerprint density at radius 1 is 1.04 bits per heavy atom. The molecule has 3 N–H and O–H groups in total. The van der Waals surface area contributed by atoms with Crippen LogP contribution in [-0.4, -0.2) is 41.7 Å². The summed E-state index contributed by atoms with van der Waals surface area (Å²) < 4.78 is 11.2. The molecule has 0 aliphatic heterocycles. The summed E-state index contributed by atoms with van der Waals surface area (Å²) in [5, 5.41) is 21.3. The van der Waals surface area contributed by atoms with Gasteiger partial charge in [-0.3, -0.25) is 0 Å². The van der Waals surface area contributed by atoms with Crippen LogP contribution in [0.25, 0.3) is 0 Å². The summed E-state index contributed by atoms with van der Waals surface area (Å²) in [7, 11) is 0. The van der Waals surface area contributed by atoms with Crippen molar-refractivity contribution in [1.29, 1.82) is 0 Å². The van der Waals surface area contributed by atoms with Crippen LogP contribution in [0.3, 0.4) is 0 Å². The van der Waals surface area contributed by atoms with Gasteiger partial charge in [0.1, 0.15) is 24.7 Å². The maximum absolute atomic E-state index is 10.8. The fourth-order valence-electron chi connectivity index (χ4n) is 2.46. The molecule has 0 bridgehead atoms. The number of hydrogen-bond donors (Lipinski definition) is 3. The number of hydrogen-bond acceptors (Lipinski definition) is 4. The molecule has 0 aliphatic rings. The molecule has 0 heterocycles. The Morgan fingerprint density at radius 3 is 2.04 bits per heavy atom. The number of carboxylic acid groups (broad SMARTS) is 1. The molecule has 27 heavy (non-hydrogen) atoms. The van der Waals surface area contributed by atoms with E-state index in [2.05, 4.69) is 5.32 Å². The van der Waals surface area contributed by atoms with Gasteiger partial charge in [0.2, 0.25) is 0 Å². The minimum absolute atomic E-state index is 0.256. The summed E-state index contributed by atoms with van der Waals surface area (Å²) >= 11 is 5.82. The number of nitrogens with one attached hydrogen (secondary N) is 1. The van der Waals surface area contributed by atoms with Crippen LogP contribution in [0.4, 0.5) is 4.79 Å². The molecule has 0 saturated carbocycles. The van der Waals surface area contributed by atoms with Gasteiger partial charge in [0, 0.05) is 5.02 Å². The van der Waals surface area contributed by atoms with Crippen LogP contribution in [0.1, 0.15) is 18.9 Å². The summed E-state index contributed by atoms with van der Waals surface area (Å²) in [4.78, 5) is 10.8. The second kappa shape index (κ2) is 10.0. The van der Waals surface area contributed by atoms with Crippen LogP contribution in [0.15, 0.2) is 48.5 Å². The van der Waals surface area contributed by atoms with E-state index >= 15 is 0 Å². The van der Waals surface area contributed by atoms with E-state index in [-0.39, 0.29) is 6.61 Å². The van der Waals surface area contributed by atoms with Crippen molar-refractivity contribution < 1.29 is 24.5 Å². The lowest BCUT2D eigenvalue weighted by molar-refractivity contribution is 0.141. The zero-order chi connectivity index (χ0) is 19.7. The molecule has 1 atom stereocenters. The molecule has 2 rings (SSSR count). The third kappa shape index (κ3) is 7.37. The average Bonchev–Trinajstić information content (AvgIpc) is 2.65. The summed E-state index contributed by atoms with van der Waals surface area (Å²) in [6.07, 6.45) is -0.0153. The van der Waals surface area contributed by atoms with Gasteiger partial charge in [-0.05, 0) is 61.7 Å². The number of ether oxygens (including phenoxy) is 2. The molecule has 6 nitrogen and oxygen atoms in total. The van der Waals surface area contributed by atoms with E-state index in [0.717, 1.165) is 17.1 Å². The van der Waals surface area contributed by atoms with Crippen LogP contribution < -0.4 is 14.8 Å². The molecule has 0 unspecified atom stereocenters. The van der Waals surface area contributed by atoms with Crippen molar-refractivity contribution in [3.8, 4) is 11.5 Å². The first kappa shape index (κ1) is 20.9. The van der Waals surface area contributed by atoms with E-state index in [9.17, 15) is 9.90 Å². The third-order valence-corrected chi connectivity index (χ3v) is 4.33. The normalized spacial score (nSPS) is 12.9. The van der Waals surface area contributed by atoms with E-state index < -0.39 is 11.6 Å². The standard InChI is InChI=1S/C20H24ClNO5/c1-20(14-23,22-19(24)25)11-10-15-2-6-17(7-3-15)26-12-13-27-18-8-4-16(21)5-9-18/h2-9,22-23H,10-14H2,1H3,(H,24,25)/t20-/m1/s1. The molecule has 7 heteroatoms. The molecule has 0 spiro atoms. The highest BCUT2D eigenvalue weighted by atomic mass is 35.5. The highest BCUT2D eigenvalue weighted by molar-refractivity contribution is 6.30. The number of carbonyl (C=O) groups is 1. The molecule has 2 aromatic carbocycles. The van der Waals surface area contributed by atoms with E-state index in [1.54, 1.807) is 31.2 Å². The zero-order valence-electron chi connectivity index (χ0n) is 15.2. The van der Waals surface area contributed by atoms with E-state index in [1.165, 1.54) is 0 Å². The van der Waals surface area contributed by atoms with Gasteiger partial charge in [-0.2, -0.15) is 0 Å². The molecule has 0 saturated heterocycles. The fourth-order valence-corrected chi connectivity index (χ4v) is 2.59. The maximum Gasteiger partial charge on any atom is 0.405 e. The SMILES string of the molecule is C[C@](CO)(CCc1ccc(OCCOc2ccc(Cl)cc2)cc1)NC(=O)O. The number of halogens is 1. The number of amides is 1. The molecule has 0 aromatic heterocycles. The number of rotatable bonds is 10. The van der Waals surface area contributed by atoms with Crippen molar-refractivity contribution in [3.05, 3.63) is 59.1 Å². The van der Waals surface area contributed by atoms with Crippen molar-refractivity contribution in [2.24, 2.45) is 0 Å². The Balaban J connectivity index is 1.74. The molecule has 2 aromatic rings. The predicted octanol–water partition coefficient (Wildman–Crippen LogP) is 3.75. The summed E-state index contributed by atoms with van der Waals surface area (Å²) in [6, 6.07) is 14.7. The first-order chi connectivity index (χ1) is 12.9. The first-order valence-corrected chi connectivity index (χ1v) is 9.00. The topological polar surface area (TPSA) is 88.0 Å². The quantitative estimate of drug-likeness (QED) is 0.535. The van der Waals surface area contributed by atoms with Gasteiger partial charge >= 0.3 is 6.09 Å². The van der Waals surface area contributed by atoms with Crippen LogP contribution >= 0.6 is 11.6 Å². The molecule has 1 amide bonds. The van der Waals surface area contributed by atoms with Crippen molar-refractivity contribution >= 4 is 17.7 Å². The van der Waals surface area contributed by atoms with Gasteiger partial charge in [-0.25, -0.2) is 4.79 Å². The first-order valence-electron chi connectivity index (χ1n) is 8.62. The van der Waals surface area contributed by atoms with E-state index in [4.69, 9.17) is 26.2 Å². The molecular formula is C20H24ClNO5. The Hall–Kier alpha value is -2.44. The number of aliphatic hydroxyl groups excluding tert-OH is 1. The van der Waals surface area contributed by atoms with Crippen molar-refractivity contribution in [2.45, 2.75) is 25.3 Å². The van der Waals surface area contributed by atoms with E-state index in [1.807, 2.05) is 24.3 Å². The average molecular weight is 394 g/mol. The van der Waals surface area contributed by atoms with Gasteiger partial charge in [0.25, 0.3) is 0 Å². The lowest BCUT2D eigenvalue weighted by atomic mass is 9.94. The monoisotopic (exact) mass is 393 g/mol. The smallest absolute Gasteiger partial charge is 0.405 e. The maximum atomic E-state index is 10.8. The molecule has 146 valence electrons. The molecule has 0 radical (unpaired) electrons. The highest BCUT2D eigenvalue weighted by Gasteiger charge is 2.25.